The number of carbonyl (C=O) groups excluding carboxylic acids is 3. The van der Waals surface area contributed by atoms with Crippen LogP contribution in [-0.2, 0) is 69.9 Å². The van der Waals surface area contributed by atoms with Crippen molar-refractivity contribution in [3.8, 4) is 0 Å². The lowest BCUT2D eigenvalue weighted by Crippen LogP contribution is -2.56. The van der Waals surface area contributed by atoms with Crippen LogP contribution in [0, 0.1) is 0 Å². The van der Waals surface area contributed by atoms with Gasteiger partial charge < -0.3 is 59.0 Å². The molecule has 4 aliphatic heterocycles. The average molecular weight is 853 g/mol. The van der Waals surface area contributed by atoms with Crippen molar-refractivity contribution in [3.63, 3.8) is 0 Å². The van der Waals surface area contributed by atoms with Gasteiger partial charge in [-0.2, -0.15) is 0 Å². The molecule has 0 aromatic heterocycles. The van der Waals surface area contributed by atoms with Gasteiger partial charge in [0, 0.05) is 24.3 Å². The summed E-state index contributed by atoms with van der Waals surface area (Å²) in [6, 6.07) is 15.6. The van der Waals surface area contributed by atoms with Crippen molar-refractivity contribution in [1.82, 2.24) is 16.0 Å². The zero-order valence-corrected chi connectivity index (χ0v) is 35.6. The topological polar surface area (TPSA) is 247 Å². The van der Waals surface area contributed by atoms with Gasteiger partial charge in [0.05, 0.1) is 12.6 Å². The summed E-state index contributed by atoms with van der Waals surface area (Å²) in [6.45, 7) is 13.1. The van der Waals surface area contributed by atoms with E-state index in [-0.39, 0.29) is 25.9 Å². The molecule has 2 aromatic carbocycles. The average Bonchev–Trinajstić information content (AvgIpc) is 3.90. The number of benzene rings is 2. The standard InChI is InChI=1S/C42H56N6O13/c1-39(2)54-27(29(56-39)31-34(61-41(5,6)58-31)37(51)47-26(38(52)53)20-24-17-13-10-14-18-24)21-44-35(49)25(19-23-15-11-9-12-16-23)46-36(50)33-32(59-42(7,8)60-33)30-28(22-45-48-43)55-40(3,4)57-30/h9-18,25-34H,19-22H2,1-8H3,(H,44,49)(H,46,50)(H,47,51)(H,52,53)/t25-,26-,27-,28-,29+,30+,31+,32+,33-,34-/m1/s1. The van der Waals surface area contributed by atoms with E-state index in [4.69, 9.17) is 43.4 Å². The first kappa shape index (κ1) is 45.8. The van der Waals surface area contributed by atoms with Crippen molar-refractivity contribution < 1.29 is 62.2 Å². The van der Waals surface area contributed by atoms with Crippen LogP contribution >= 0.6 is 0 Å². The molecule has 0 saturated carbocycles. The number of rotatable bonds is 16. The monoisotopic (exact) mass is 852 g/mol. The predicted octanol–water partition coefficient (Wildman–Crippen LogP) is 3.03. The number of aliphatic carboxylic acids is 1. The molecule has 6 rings (SSSR count). The van der Waals surface area contributed by atoms with Crippen LogP contribution in [0.1, 0.15) is 66.5 Å². The Bertz CT molecular complexity index is 1940. The van der Waals surface area contributed by atoms with Crippen LogP contribution in [0.2, 0.25) is 0 Å². The lowest BCUT2D eigenvalue weighted by atomic mass is 10.00. The van der Waals surface area contributed by atoms with E-state index in [0.29, 0.717) is 5.56 Å². The Hall–Kier alpha value is -4.69. The quantitative estimate of drug-likeness (QED) is 0.108. The Morgan fingerprint density at radius 2 is 1.03 bits per heavy atom. The fourth-order valence-corrected chi connectivity index (χ4v) is 8.10. The molecular weight excluding hydrogens is 796 g/mol. The Balaban J connectivity index is 1.18. The Kier molecular flexibility index (Phi) is 13.8. The summed E-state index contributed by atoms with van der Waals surface area (Å²) in [7, 11) is 0. The molecule has 4 aliphatic rings. The molecule has 4 heterocycles. The van der Waals surface area contributed by atoms with Crippen molar-refractivity contribution >= 4 is 23.7 Å². The third-order valence-corrected chi connectivity index (χ3v) is 10.5. The molecule has 332 valence electrons. The number of hydrogen-bond donors (Lipinski definition) is 4. The van der Waals surface area contributed by atoms with Gasteiger partial charge in [0.25, 0.3) is 11.8 Å². The van der Waals surface area contributed by atoms with Crippen molar-refractivity contribution in [2.45, 2.75) is 152 Å². The zero-order chi connectivity index (χ0) is 44.3. The Labute approximate surface area is 354 Å². The fourth-order valence-electron chi connectivity index (χ4n) is 8.10. The van der Waals surface area contributed by atoms with Gasteiger partial charge in [-0.1, -0.05) is 65.8 Å². The van der Waals surface area contributed by atoms with Gasteiger partial charge in [0.2, 0.25) is 5.91 Å². The molecule has 4 N–H and O–H groups in total. The number of nitrogens with one attached hydrogen (secondary N) is 3. The summed E-state index contributed by atoms with van der Waals surface area (Å²) in [6.07, 6.45) is -8.01. The molecule has 0 unspecified atom stereocenters. The first-order chi connectivity index (χ1) is 28.6. The molecule has 10 atom stereocenters. The highest BCUT2D eigenvalue weighted by atomic mass is 16.8. The summed E-state index contributed by atoms with van der Waals surface area (Å²) in [5.41, 5.74) is 10.5. The highest BCUT2D eigenvalue weighted by Crippen LogP contribution is 2.40. The van der Waals surface area contributed by atoms with E-state index >= 15 is 0 Å². The Morgan fingerprint density at radius 3 is 1.51 bits per heavy atom. The van der Waals surface area contributed by atoms with Crippen molar-refractivity contribution in [2.75, 3.05) is 13.1 Å². The number of hydrogen-bond acceptors (Lipinski definition) is 13. The van der Waals surface area contributed by atoms with E-state index in [1.807, 2.05) is 36.4 Å². The second-order valence-electron chi connectivity index (χ2n) is 17.3. The largest absolute Gasteiger partial charge is 0.480 e. The molecule has 4 fully saturated rings. The van der Waals surface area contributed by atoms with E-state index in [9.17, 15) is 24.3 Å². The molecule has 2 aromatic rings. The maximum absolute atomic E-state index is 14.2. The van der Waals surface area contributed by atoms with Crippen LogP contribution < -0.4 is 16.0 Å². The third kappa shape index (κ3) is 11.6. The Morgan fingerprint density at radius 1 is 0.623 bits per heavy atom. The third-order valence-electron chi connectivity index (χ3n) is 10.5. The molecule has 0 radical (unpaired) electrons. The minimum atomic E-state index is -1.31. The lowest BCUT2D eigenvalue weighted by Gasteiger charge is -2.28. The minimum Gasteiger partial charge on any atom is -0.480 e. The number of ether oxygens (including phenoxy) is 8. The van der Waals surface area contributed by atoms with Crippen molar-refractivity contribution in [1.29, 1.82) is 0 Å². The maximum atomic E-state index is 14.2. The molecule has 0 bridgehead atoms. The molecule has 61 heavy (non-hydrogen) atoms. The van der Waals surface area contributed by atoms with Crippen LogP contribution in [0.25, 0.3) is 10.4 Å². The number of carboxylic acid groups (broad SMARTS) is 1. The summed E-state index contributed by atoms with van der Waals surface area (Å²) >= 11 is 0. The van der Waals surface area contributed by atoms with Gasteiger partial charge in [-0.05, 0) is 72.0 Å². The summed E-state index contributed by atoms with van der Waals surface area (Å²) in [5, 5.41) is 22.0. The number of carbonyl (C=O) groups is 4. The maximum Gasteiger partial charge on any atom is 0.326 e. The minimum absolute atomic E-state index is 0.0339. The van der Waals surface area contributed by atoms with Gasteiger partial charge >= 0.3 is 5.97 Å². The van der Waals surface area contributed by atoms with E-state index in [1.54, 1.807) is 79.7 Å². The van der Waals surface area contributed by atoms with Crippen molar-refractivity contribution in [3.05, 3.63) is 82.2 Å². The smallest absolute Gasteiger partial charge is 0.326 e. The molecule has 3 amide bonds. The first-order valence-corrected chi connectivity index (χ1v) is 20.3. The molecular formula is C42H56N6O13. The second-order valence-corrected chi connectivity index (χ2v) is 17.3. The van der Waals surface area contributed by atoms with Crippen LogP contribution in [0.3, 0.4) is 0 Å². The molecule has 0 spiro atoms. The van der Waals surface area contributed by atoms with Gasteiger partial charge in [0.1, 0.15) is 42.6 Å². The molecule has 0 aliphatic carbocycles. The molecule has 19 nitrogen and oxygen atoms in total. The van der Waals surface area contributed by atoms with Crippen LogP contribution in [0.5, 0.6) is 0 Å². The first-order valence-electron chi connectivity index (χ1n) is 20.3. The summed E-state index contributed by atoms with van der Waals surface area (Å²) < 4.78 is 49.3. The number of nitrogens with zero attached hydrogens (tertiary/aromatic N) is 3. The molecule has 19 heteroatoms. The van der Waals surface area contributed by atoms with Gasteiger partial charge in [-0.25, -0.2) is 4.79 Å². The van der Waals surface area contributed by atoms with E-state index in [0.717, 1.165) is 5.56 Å². The number of carboxylic acids is 1. The van der Waals surface area contributed by atoms with Crippen molar-refractivity contribution in [2.24, 2.45) is 5.11 Å². The summed E-state index contributed by atoms with van der Waals surface area (Å²) in [5.74, 6) is -7.93. The van der Waals surface area contributed by atoms with Crippen LogP contribution in [0.4, 0.5) is 0 Å². The lowest BCUT2D eigenvalue weighted by molar-refractivity contribution is -0.175. The fraction of sp³-hybridized carbons (Fsp3) is 0.619. The number of amides is 3. The van der Waals surface area contributed by atoms with Crippen LogP contribution in [-0.4, -0.2) is 126 Å². The van der Waals surface area contributed by atoms with E-state index in [1.165, 1.54) is 0 Å². The van der Waals surface area contributed by atoms with E-state index in [2.05, 4.69) is 26.0 Å². The molecule has 4 saturated heterocycles. The highest BCUT2D eigenvalue weighted by molar-refractivity contribution is 5.90. The second kappa shape index (κ2) is 18.3. The predicted molar refractivity (Wildman–Crippen MR) is 214 cm³/mol. The summed E-state index contributed by atoms with van der Waals surface area (Å²) in [4.78, 5) is 57.3. The zero-order valence-electron chi connectivity index (χ0n) is 35.6. The SMILES string of the molecule is CC1(C)O[C@H]([C@@H]2OC(C)(C)O[C@H]2C(=O)N[C@H](Cc2ccccc2)C(=O)O)[C@@H](CNC(=O)[C@@H](Cc2ccccc2)NC(=O)[C@@H]2OC(C)(C)O[C@H]2[C@H]2OC(C)(C)O[C@@H]2CN=[N+]=[N-])O1. The number of azide groups is 1. The van der Waals surface area contributed by atoms with Gasteiger partial charge in [-0.3, -0.25) is 14.4 Å². The van der Waals surface area contributed by atoms with E-state index < -0.39 is 108 Å². The normalized spacial score (nSPS) is 30.4. The highest BCUT2D eigenvalue weighted by Gasteiger charge is 2.58. The van der Waals surface area contributed by atoms with Gasteiger partial charge in [0.15, 0.2) is 35.4 Å². The van der Waals surface area contributed by atoms with Crippen LogP contribution in [0.15, 0.2) is 65.8 Å². The van der Waals surface area contributed by atoms with Gasteiger partial charge in [-0.15, -0.1) is 0 Å².